The van der Waals surface area contributed by atoms with Crippen LogP contribution in [0.1, 0.15) is 34.1 Å². The molecule has 2 aromatic carbocycles. The van der Waals surface area contributed by atoms with Crippen molar-refractivity contribution < 1.29 is 9.32 Å². The maximum absolute atomic E-state index is 13.4. The second-order valence-corrected chi connectivity index (χ2v) is 6.43. The summed E-state index contributed by atoms with van der Waals surface area (Å²) in [4.78, 5) is 15.3. The number of aromatic nitrogens is 1. The smallest absolute Gasteiger partial charge is 0.234 e. The molecule has 1 aromatic heterocycles. The zero-order valence-electron chi connectivity index (χ0n) is 14.2. The summed E-state index contributed by atoms with van der Waals surface area (Å²) in [6.45, 7) is 3.14. The summed E-state index contributed by atoms with van der Waals surface area (Å²) in [5.41, 5.74) is 4.11. The molecular formula is C21H20N2O2. The SMILES string of the molecule is Cc1noc2c1CCN(C(=O)C(c1ccccc1)c1ccccc1)C2. The van der Waals surface area contributed by atoms with Gasteiger partial charge in [-0.1, -0.05) is 65.8 Å². The van der Waals surface area contributed by atoms with Crippen molar-refractivity contribution in [3.63, 3.8) is 0 Å². The molecule has 4 heteroatoms. The molecule has 0 fully saturated rings. The summed E-state index contributed by atoms with van der Waals surface area (Å²) in [6.07, 6.45) is 0.798. The average Bonchev–Trinajstić information content (AvgIpc) is 3.04. The maximum atomic E-state index is 13.4. The van der Waals surface area contributed by atoms with Crippen LogP contribution < -0.4 is 0 Å². The van der Waals surface area contributed by atoms with E-state index >= 15 is 0 Å². The van der Waals surface area contributed by atoms with Gasteiger partial charge in [0.25, 0.3) is 0 Å². The van der Waals surface area contributed by atoms with Gasteiger partial charge in [-0.05, 0) is 24.5 Å². The van der Waals surface area contributed by atoms with Crippen LogP contribution in [-0.4, -0.2) is 22.5 Å². The number of nitrogens with zero attached hydrogens (tertiary/aromatic N) is 2. The van der Waals surface area contributed by atoms with Crippen LogP contribution >= 0.6 is 0 Å². The minimum Gasteiger partial charge on any atom is -0.359 e. The molecule has 0 aliphatic carbocycles. The van der Waals surface area contributed by atoms with Crippen molar-refractivity contribution in [2.24, 2.45) is 0 Å². The Bertz CT molecular complexity index is 832. The first-order valence-electron chi connectivity index (χ1n) is 8.56. The summed E-state index contributed by atoms with van der Waals surface area (Å²) in [5, 5.41) is 4.04. The predicted octanol–water partition coefficient (Wildman–Crippen LogP) is 3.70. The molecule has 0 bridgehead atoms. The van der Waals surface area contributed by atoms with Crippen LogP contribution in [0.15, 0.2) is 65.2 Å². The van der Waals surface area contributed by atoms with Crippen LogP contribution in [0.2, 0.25) is 0 Å². The van der Waals surface area contributed by atoms with Gasteiger partial charge in [0.15, 0.2) is 5.76 Å². The first-order chi connectivity index (χ1) is 12.2. The third kappa shape index (κ3) is 2.95. The number of hydrogen-bond donors (Lipinski definition) is 0. The van der Waals surface area contributed by atoms with E-state index in [4.69, 9.17) is 4.52 Å². The molecule has 1 aliphatic heterocycles. The Hall–Kier alpha value is -2.88. The third-order valence-corrected chi connectivity index (χ3v) is 4.86. The Morgan fingerprint density at radius 2 is 1.64 bits per heavy atom. The highest BCUT2D eigenvalue weighted by atomic mass is 16.5. The second-order valence-electron chi connectivity index (χ2n) is 6.43. The molecule has 0 saturated carbocycles. The molecule has 0 radical (unpaired) electrons. The fourth-order valence-corrected chi connectivity index (χ4v) is 3.52. The van der Waals surface area contributed by atoms with Gasteiger partial charge in [0.05, 0.1) is 18.2 Å². The van der Waals surface area contributed by atoms with E-state index in [-0.39, 0.29) is 11.8 Å². The van der Waals surface area contributed by atoms with Crippen molar-refractivity contribution in [2.45, 2.75) is 25.8 Å². The van der Waals surface area contributed by atoms with Gasteiger partial charge >= 0.3 is 0 Å². The maximum Gasteiger partial charge on any atom is 0.234 e. The molecule has 1 amide bonds. The summed E-state index contributed by atoms with van der Waals surface area (Å²) in [6, 6.07) is 19.9. The summed E-state index contributed by atoms with van der Waals surface area (Å²) >= 11 is 0. The number of amides is 1. The van der Waals surface area contributed by atoms with E-state index in [9.17, 15) is 4.79 Å². The molecule has 0 spiro atoms. The van der Waals surface area contributed by atoms with Gasteiger partial charge in [0.1, 0.15) is 0 Å². The van der Waals surface area contributed by atoms with Gasteiger partial charge in [-0.25, -0.2) is 0 Å². The fraction of sp³-hybridized carbons (Fsp3) is 0.238. The minimum atomic E-state index is -0.298. The van der Waals surface area contributed by atoms with E-state index in [1.165, 1.54) is 0 Å². The molecule has 126 valence electrons. The Morgan fingerprint density at radius 1 is 1.04 bits per heavy atom. The van der Waals surface area contributed by atoms with Gasteiger partial charge in [-0.15, -0.1) is 0 Å². The largest absolute Gasteiger partial charge is 0.359 e. The molecule has 4 nitrogen and oxygen atoms in total. The van der Waals surface area contributed by atoms with Gasteiger partial charge in [0, 0.05) is 12.1 Å². The number of benzene rings is 2. The first-order valence-corrected chi connectivity index (χ1v) is 8.56. The van der Waals surface area contributed by atoms with Crippen LogP contribution in [0.4, 0.5) is 0 Å². The van der Waals surface area contributed by atoms with E-state index < -0.39 is 0 Å². The van der Waals surface area contributed by atoms with Gasteiger partial charge in [-0.2, -0.15) is 0 Å². The molecule has 0 atom stereocenters. The zero-order chi connectivity index (χ0) is 17.2. The van der Waals surface area contributed by atoms with Crippen molar-refractivity contribution in [2.75, 3.05) is 6.54 Å². The number of fused-ring (bicyclic) bond motifs is 1. The third-order valence-electron chi connectivity index (χ3n) is 4.86. The van der Waals surface area contributed by atoms with Crippen LogP contribution in [0.3, 0.4) is 0 Å². The van der Waals surface area contributed by atoms with Crippen molar-refractivity contribution >= 4 is 5.91 Å². The number of aryl methyl sites for hydroxylation is 1. The van der Waals surface area contributed by atoms with Crippen LogP contribution in [0, 0.1) is 6.92 Å². The van der Waals surface area contributed by atoms with Crippen molar-refractivity contribution in [3.05, 3.63) is 88.8 Å². The Balaban J connectivity index is 1.67. The molecule has 3 aromatic rings. The number of rotatable bonds is 3. The molecule has 0 unspecified atom stereocenters. The van der Waals surface area contributed by atoms with Gasteiger partial charge in [-0.3, -0.25) is 4.79 Å². The lowest BCUT2D eigenvalue weighted by molar-refractivity contribution is -0.133. The molecular weight excluding hydrogens is 312 g/mol. The fourth-order valence-electron chi connectivity index (χ4n) is 3.52. The lowest BCUT2D eigenvalue weighted by Crippen LogP contribution is -2.39. The lowest BCUT2D eigenvalue weighted by Gasteiger charge is -2.30. The zero-order valence-corrected chi connectivity index (χ0v) is 14.2. The molecule has 4 rings (SSSR count). The Kier molecular flexibility index (Phi) is 4.10. The predicted molar refractivity (Wildman–Crippen MR) is 95.1 cm³/mol. The van der Waals surface area contributed by atoms with E-state index in [1.807, 2.05) is 72.5 Å². The first kappa shape index (κ1) is 15.6. The summed E-state index contributed by atoms with van der Waals surface area (Å²) < 4.78 is 5.41. The molecule has 1 aliphatic rings. The van der Waals surface area contributed by atoms with E-state index in [1.54, 1.807) is 0 Å². The standard InChI is InChI=1S/C21H20N2O2/c1-15-18-12-13-23(14-19(18)25-22-15)21(24)20(16-8-4-2-5-9-16)17-10-6-3-7-11-17/h2-11,20H,12-14H2,1H3. The Morgan fingerprint density at radius 3 is 2.24 bits per heavy atom. The van der Waals surface area contributed by atoms with Crippen LogP contribution in [0.5, 0.6) is 0 Å². The monoisotopic (exact) mass is 332 g/mol. The molecule has 25 heavy (non-hydrogen) atoms. The summed E-state index contributed by atoms with van der Waals surface area (Å²) in [5.74, 6) is 0.627. The summed E-state index contributed by atoms with van der Waals surface area (Å²) in [7, 11) is 0. The van der Waals surface area contributed by atoms with E-state index in [2.05, 4.69) is 5.16 Å². The number of carbonyl (C=O) groups excluding carboxylic acids is 1. The van der Waals surface area contributed by atoms with E-state index in [0.29, 0.717) is 13.1 Å². The Labute approximate surface area is 147 Å². The van der Waals surface area contributed by atoms with Crippen molar-refractivity contribution in [1.29, 1.82) is 0 Å². The molecule has 0 N–H and O–H groups in total. The van der Waals surface area contributed by atoms with Crippen LogP contribution in [0.25, 0.3) is 0 Å². The molecule has 0 saturated heterocycles. The normalized spacial score (nSPS) is 13.8. The second kappa shape index (κ2) is 6.55. The highest BCUT2D eigenvalue weighted by Crippen LogP contribution is 2.30. The molecule has 2 heterocycles. The van der Waals surface area contributed by atoms with Gasteiger partial charge < -0.3 is 9.42 Å². The average molecular weight is 332 g/mol. The number of hydrogen-bond acceptors (Lipinski definition) is 3. The highest BCUT2D eigenvalue weighted by molar-refractivity contribution is 5.87. The quantitative estimate of drug-likeness (QED) is 0.735. The van der Waals surface area contributed by atoms with Crippen molar-refractivity contribution in [1.82, 2.24) is 10.1 Å². The van der Waals surface area contributed by atoms with Crippen molar-refractivity contribution in [3.8, 4) is 0 Å². The highest BCUT2D eigenvalue weighted by Gasteiger charge is 2.31. The lowest BCUT2D eigenvalue weighted by atomic mass is 9.89. The number of carbonyl (C=O) groups is 1. The van der Waals surface area contributed by atoms with Gasteiger partial charge in [0.2, 0.25) is 5.91 Å². The van der Waals surface area contributed by atoms with E-state index in [0.717, 1.165) is 34.6 Å². The minimum absolute atomic E-state index is 0.108. The van der Waals surface area contributed by atoms with Crippen LogP contribution in [-0.2, 0) is 17.8 Å². The topological polar surface area (TPSA) is 46.3 Å².